The summed E-state index contributed by atoms with van der Waals surface area (Å²) in [5, 5.41) is 11.0. The van der Waals surface area contributed by atoms with Gasteiger partial charge in [-0.05, 0) is 24.7 Å². The van der Waals surface area contributed by atoms with Crippen molar-refractivity contribution in [3.05, 3.63) is 0 Å². The Labute approximate surface area is 137 Å². The van der Waals surface area contributed by atoms with Crippen LogP contribution in [0.4, 0.5) is 13.2 Å². The Morgan fingerprint density at radius 2 is 1.62 bits per heavy atom. The second-order valence-electron chi connectivity index (χ2n) is 6.69. The minimum atomic E-state index is -5.08. The van der Waals surface area contributed by atoms with Crippen LogP contribution in [0.1, 0.15) is 38.5 Å². The number of rotatable bonds is 8. The number of hydrogen-bond acceptors (Lipinski definition) is 3. The monoisotopic (exact) mass is 350 g/mol. The van der Waals surface area contributed by atoms with E-state index in [2.05, 4.69) is 0 Å². The van der Waals surface area contributed by atoms with Crippen LogP contribution in [0.25, 0.3) is 0 Å². The summed E-state index contributed by atoms with van der Waals surface area (Å²) in [5.41, 5.74) is 0. The number of alkyl halides is 3. The second-order valence-corrected chi connectivity index (χ2v) is 6.69. The molecular weight excluding hydrogens is 329 g/mol. The van der Waals surface area contributed by atoms with E-state index >= 15 is 0 Å². The van der Waals surface area contributed by atoms with E-state index in [9.17, 15) is 32.7 Å². The number of carbonyl (C=O) groups excluding carboxylic acids is 2. The lowest BCUT2D eigenvalue weighted by Gasteiger charge is -2.29. The second kappa shape index (κ2) is 6.98. The lowest BCUT2D eigenvalue weighted by atomic mass is 10.0. The summed E-state index contributed by atoms with van der Waals surface area (Å²) in [6.07, 6.45) is -1.34. The highest BCUT2D eigenvalue weighted by molar-refractivity contribution is 5.91. The molecule has 0 heterocycles. The molecule has 0 bridgehead atoms. The zero-order chi connectivity index (χ0) is 18.1. The van der Waals surface area contributed by atoms with Crippen LogP contribution in [0.3, 0.4) is 0 Å². The summed E-state index contributed by atoms with van der Waals surface area (Å²) in [6, 6.07) is -2.44. The predicted molar refractivity (Wildman–Crippen MR) is 76.9 cm³/mol. The van der Waals surface area contributed by atoms with Gasteiger partial charge in [0.25, 0.3) is 0 Å². The average Bonchev–Trinajstić information content (AvgIpc) is 3.35. The van der Waals surface area contributed by atoms with E-state index in [0.29, 0.717) is 0 Å². The zero-order valence-electron chi connectivity index (χ0n) is 13.3. The molecule has 2 aliphatic rings. The fraction of sp³-hybridized carbons (Fsp3) is 0.800. The number of carboxylic acids is 1. The van der Waals surface area contributed by atoms with Crippen LogP contribution in [0, 0.1) is 11.8 Å². The smallest absolute Gasteiger partial charge is 0.471 e. The molecule has 0 spiro atoms. The molecule has 9 heteroatoms. The van der Waals surface area contributed by atoms with Gasteiger partial charge >= 0.3 is 18.1 Å². The number of halogens is 3. The van der Waals surface area contributed by atoms with Gasteiger partial charge < -0.3 is 15.3 Å². The third-order valence-electron chi connectivity index (χ3n) is 4.48. The van der Waals surface area contributed by atoms with Crippen molar-refractivity contribution in [3.63, 3.8) is 0 Å². The largest absolute Gasteiger partial charge is 0.480 e. The maximum absolute atomic E-state index is 12.5. The summed E-state index contributed by atoms with van der Waals surface area (Å²) in [7, 11) is 1.27. The van der Waals surface area contributed by atoms with Crippen LogP contribution in [0.2, 0.25) is 0 Å². The Hall–Kier alpha value is -1.80. The molecule has 136 valence electrons. The quantitative estimate of drug-likeness (QED) is 0.695. The van der Waals surface area contributed by atoms with Crippen LogP contribution in [0.15, 0.2) is 0 Å². The summed E-state index contributed by atoms with van der Waals surface area (Å²) in [6.45, 7) is 0. The number of amides is 2. The Morgan fingerprint density at radius 3 is 2.04 bits per heavy atom. The van der Waals surface area contributed by atoms with E-state index in [1.807, 2.05) is 0 Å². The van der Waals surface area contributed by atoms with Gasteiger partial charge in [-0.2, -0.15) is 13.2 Å². The van der Waals surface area contributed by atoms with E-state index in [-0.39, 0.29) is 24.7 Å². The number of carboxylic acid groups (broad SMARTS) is 1. The molecule has 2 aliphatic carbocycles. The molecule has 2 rings (SSSR count). The Balaban J connectivity index is 2.06. The Morgan fingerprint density at radius 1 is 1.12 bits per heavy atom. The van der Waals surface area contributed by atoms with Crippen LogP contribution in [0.5, 0.6) is 0 Å². The van der Waals surface area contributed by atoms with Gasteiger partial charge in [-0.25, -0.2) is 4.79 Å². The molecule has 2 N–H and O–H groups in total. The molecule has 24 heavy (non-hydrogen) atoms. The van der Waals surface area contributed by atoms with Crippen LogP contribution in [-0.2, 0) is 14.4 Å². The van der Waals surface area contributed by atoms with Crippen molar-refractivity contribution in [2.75, 3.05) is 7.05 Å². The van der Waals surface area contributed by atoms with E-state index in [1.165, 1.54) is 7.05 Å². The minimum absolute atomic E-state index is 0.0904. The van der Waals surface area contributed by atoms with Gasteiger partial charge in [0.1, 0.15) is 12.1 Å². The molecule has 0 unspecified atom stereocenters. The van der Waals surface area contributed by atoms with Crippen molar-refractivity contribution < 1.29 is 32.7 Å². The molecule has 6 nitrogen and oxygen atoms in total. The highest BCUT2D eigenvalue weighted by Crippen LogP contribution is 2.36. The van der Waals surface area contributed by atoms with Gasteiger partial charge in [0.2, 0.25) is 5.91 Å². The van der Waals surface area contributed by atoms with Gasteiger partial charge in [-0.15, -0.1) is 0 Å². The molecule has 0 saturated heterocycles. The minimum Gasteiger partial charge on any atom is -0.480 e. The number of hydrogen-bond donors (Lipinski definition) is 2. The van der Waals surface area contributed by atoms with Gasteiger partial charge in [-0.1, -0.05) is 25.7 Å². The highest BCUT2D eigenvalue weighted by Gasteiger charge is 2.43. The van der Waals surface area contributed by atoms with Gasteiger partial charge in [0, 0.05) is 7.05 Å². The number of nitrogens with one attached hydrogen (secondary N) is 1. The molecule has 2 fully saturated rings. The first-order chi connectivity index (χ1) is 11.1. The van der Waals surface area contributed by atoms with Gasteiger partial charge in [0.15, 0.2) is 0 Å². The summed E-state index contributed by atoms with van der Waals surface area (Å²) in [5.74, 6) is -3.83. The average molecular weight is 350 g/mol. The third-order valence-corrected chi connectivity index (χ3v) is 4.48. The molecule has 0 aromatic heterocycles. The molecule has 0 aromatic carbocycles. The maximum Gasteiger partial charge on any atom is 0.471 e. The molecule has 2 amide bonds. The standard InChI is InChI=1S/C15H21F3N2O4/c1-20(11(13(22)23)7-9-4-5-9)12(21)10(6-8-2-3-8)19-14(24)15(16,17)18/h8-11H,2-7H2,1H3,(H,19,24)(H,22,23)/t10-,11-/m0/s1. The molecule has 2 saturated carbocycles. The van der Waals surface area contributed by atoms with Crippen molar-refractivity contribution in [2.24, 2.45) is 11.8 Å². The SMILES string of the molecule is CN(C(=O)[C@H](CC1CC1)NC(=O)C(F)(F)F)[C@@H](CC1CC1)C(=O)O. The number of nitrogens with zero attached hydrogens (tertiary/aromatic N) is 1. The van der Waals surface area contributed by atoms with Crippen molar-refractivity contribution >= 4 is 17.8 Å². The first-order valence-corrected chi connectivity index (χ1v) is 7.96. The lowest BCUT2D eigenvalue weighted by Crippen LogP contribution is -2.54. The topological polar surface area (TPSA) is 86.7 Å². The maximum atomic E-state index is 12.5. The molecular formula is C15H21F3N2O4. The lowest BCUT2D eigenvalue weighted by molar-refractivity contribution is -0.175. The molecule has 2 atom stereocenters. The van der Waals surface area contributed by atoms with Gasteiger partial charge in [0.05, 0.1) is 0 Å². The first-order valence-electron chi connectivity index (χ1n) is 7.96. The van der Waals surface area contributed by atoms with E-state index < -0.39 is 36.0 Å². The summed E-state index contributed by atoms with van der Waals surface area (Å²) >= 11 is 0. The number of likely N-dealkylation sites (N-methyl/N-ethyl adjacent to an activating group) is 1. The normalized spacial score (nSPS) is 20.2. The van der Waals surface area contributed by atoms with Crippen molar-refractivity contribution in [3.8, 4) is 0 Å². The van der Waals surface area contributed by atoms with Gasteiger partial charge in [-0.3, -0.25) is 9.59 Å². The first kappa shape index (κ1) is 18.5. The fourth-order valence-electron chi connectivity index (χ4n) is 2.64. The van der Waals surface area contributed by atoms with E-state index in [0.717, 1.165) is 30.6 Å². The van der Waals surface area contributed by atoms with Crippen LogP contribution >= 0.6 is 0 Å². The van der Waals surface area contributed by atoms with Crippen LogP contribution in [-0.4, -0.2) is 53.1 Å². The zero-order valence-corrected chi connectivity index (χ0v) is 13.3. The van der Waals surface area contributed by atoms with Crippen LogP contribution < -0.4 is 5.32 Å². The molecule has 0 aliphatic heterocycles. The summed E-state index contributed by atoms with van der Waals surface area (Å²) < 4.78 is 37.4. The molecule has 0 radical (unpaired) electrons. The summed E-state index contributed by atoms with van der Waals surface area (Å²) in [4.78, 5) is 36.0. The molecule has 0 aromatic rings. The highest BCUT2D eigenvalue weighted by atomic mass is 19.4. The fourth-order valence-corrected chi connectivity index (χ4v) is 2.64. The van der Waals surface area contributed by atoms with Crippen molar-refractivity contribution in [1.82, 2.24) is 10.2 Å². The number of carbonyl (C=O) groups is 3. The third kappa shape index (κ3) is 5.10. The van der Waals surface area contributed by atoms with E-state index in [4.69, 9.17) is 0 Å². The predicted octanol–water partition coefficient (Wildman–Crippen LogP) is 1.55. The van der Waals surface area contributed by atoms with Crippen molar-refractivity contribution in [2.45, 2.75) is 56.8 Å². The Kier molecular flexibility index (Phi) is 5.39. The number of aliphatic carboxylic acids is 1. The Bertz CT molecular complexity index is 515. The van der Waals surface area contributed by atoms with E-state index in [1.54, 1.807) is 5.32 Å². The van der Waals surface area contributed by atoms with Crippen molar-refractivity contribution in [1.29, 1.82) is 0 Å².